The van der Waals surface area contributed by atoms with Crippen LogP contribution in [0.1, 0.15) is 25.7 Å². The summed E-state index contributed by atoms with van der Waals surface area (Å²) in [4.78, 5) is 0. The van der Waals surface area contributed by atoms with E-state index in [9.17, 15) is 20.4 Å². The molecule has 1 aliphatic heterocycles. The summed E-state index contributed by atoms with van der Waals surface area (Å²) < 4.78 is 10.7. The predicted molar refractivity (Wildman–Crippen MR) is 63.1 cm³/mol. The summed E-state index contributed by atoms with van der Waals surface area (Å²) in [7, 11) is 0. The highest BCUT2D eigenvalue weighted by Crippen LogP contribution is 2.27. The van der Waals surface area contributed by atoms with Crippen LogP contribution in [0.5, 0.6) is 0 Å². The van der Waals surface area contributed by atoms with Gasteiger partial charge in [-0.05, 0) is 12.8 Å². The summed E-state index contributed by atoms with van der Waals surface area (Å²) >= 11 is 0. The van der Waals surface area contributed by atoms with Gasteiger partial charge in [-0.15, -0.1) is 0 Å². The summed E-state index contributed by atoms with van der Waals surface area (Å²) in [6, 6.07) is 0. The minimum Gasteiger partial charge on any atom is -0.394 e. The van der Waals surface area contributed by atoms with Gasteiger partial charge in [-0.25, -0.2) is 0 Å². The number of hydrogen-bond acceptors (Lipinski definition) is 7. The Bertz CT molecular complexity index is 285. The van der Waals surface area contributed by atoms with E-state index in [1.165, 1.54) is 0 Å². The molecule has 0 aromatic rings. The molecule has 5 N–H and O–H groups in total. The summed E-state index contributed by atoms with van der Waals surface area (Å²) in [6.07, 6.45) is -4.36. The molecule has 2 aliphatic rings. The Kier molecular flexibility index (Phi) is 5.13. The van der Waals surface area contributed by atoms with Gasteiger partial charge in [0.25, 0.3) is 0 Å². The van der Waals surface area contributed by atoms with Crippen LogP contribution in [0.15, 0.2) is 0 Å². The zero-order valence-electron chi connectivity index (χ0n) is 10.6. The topological polar surface area (TPSA) is 120 Å². The number of hydrogen-bond donors (Lipinski definition) is 5. The molecule has 1 saturated carbocycles. The molecule has 0 amide bonds. The van der Waals surface area contributed by atoms with E-state index < -0.39 is 49.5 Å². The second kappa shape index (κ2) is 6.45. The smallest absolute Gasteiger partial charge is 0.187 e. The van der Waals surface area contributed by atoms with Gasteiger partial charge >= 0.3 is 0 Å². The van der Waals surface area contributed by atoms with Crippen LogP contribution in [0.2, 0.25) is 0 Å². The lowest BCUT2D eigenvalue weighted by Gasteiger charge is -2.42. The van der Waals surface area contributed by atoms with Crippen LogP contribution in [-0.4, -0.2) is 75.1 Å². The van der Waals surface area contributed by atoms with Crippen molar-refractivity contribution >= 4 is 0 Å². The first-order valence-corrected chi connectivity index (χ1v) is 6.68. The summed E-state index contributed by atoms with van der Waals surface area (Å²) in [5, 5.41) is 47.9. The minimum atomic E-state index is -1.45. The van der Waals surface area contributed by atoms with Gasteiger partial charge < -0.3 is 35.0 Å². The van der Waals surface area contributed by atoms with E-state index in [1.807, 2.05) is 0 Å². The van der Waals surface area contributed by atoms with E-state index in [2.05, 4.69) is 0 Å². The fourth-order valence-corrected chi connectivity index (χ4v) is 2.59. The van der Waals surface area contributed by atoms with Crippen LogP contribution in [-0.2, 0) is 9.47 Å². The molecule has 2 rings (SSSR count). The van der Waals surface area contributed by atoms with Crippen LogP contribution >= 0.6 is 0 Å². The van der Waals surface area contributed by atoms with E-state index >= 15 is 0 Å². The third kappa shape index (κ3) is 3.25. The molecule has 0 bridgehead atoms. The van der Waals surface area contributed by atoms with Gasteiger partial charge in [0.1, 0.15) is 24.4 Å². The molecule has 0 aromatic carbocycles. The molecule has 1 heterocycles. The van der Waals surface area contributed by atoms with Crippen LogP contribution in [0.3, 0.4) is 0 Å². The van der Waals surface area contributed by atoms with E-state index in [0.717, 1.165) is 12.8 Å². The second-order valence-corrected chi connectivity index (χ2v) is 5.22. The maximum absolute atomic E-state index is 9.81. The Balaban J connectivity index is 1.98. The van der Waals surface area contributed by atoms with Gasteiger partial charge in [0, 0.05) is 0 Å². The number of ether oxygens (including phenoxy) is 2. The van der Waals surface area contributed by atoms with Gasteiger partial charge in [0.15, 0.2) is 6.29 Å². The lowest BCUT2D eigenvalue weighted by Crippen LogP contribution is -2.60. The molecule has 1 saturated heterocycles. The van der Waals surface area contributed by atoms with Crippen molar-refractivity contribution in [3.05, 3.63) is 0 Å². The molecular formula is C12H22O7. The highest BCUT2D eigenvalue weighted by molar-refractivity contribution is 4.89. The largest absolute Gasteiger partial charge is 0.394 e. The molecular weight excluding hydrogens is 256 g/mol. The van der Waals surface area contributed by atoms with Crippen molar-refractivity contribution in [1.82, 2.24) is 0 Å². The molecule has 0 unspecified atom stereocenters. The van der Waals surface area contributed by atoms with Gasteiger partial charge in [-0.1, -0.05) is 12.8 Å². The first-order valence-electron chi connectivity index (χ1n) is 6.68. The maximum atomic E-state index is 9.81. The van der Waals surface area contributed by atoms with Gasteiger partial charge in [0.05, 0.1) is 18.8 Å². The Hall–Kier alpha value is -0.280. The Morgan fingerprint density at radius 2 is 1.63 bits per heavy atom. The van der Waals surface area contributed by atoms with Crippen LogP contribution < -0.4 is 0 Å². The highest BCUT2D eigenvalue weighted by atomic mass is 16.7. The van der Waals surface area contributed by atoms with Crippen molar-refractivity contribution in [3.63, 3.8) is 0 Å². The summed E-state index contributed by atoms with van der Waals surface area (Å²) in [5.41, 5.74) is 0. The van der Waals surface area contributed by atoms with Gasteiger partial charge in [0.2, 0.25) is 0 Å². The lowest BCUT2D eigenvalue weighted by molar-refractivity contribution is -0.318. The Morgan fingerprint density at radius 1 is 0.947 bits per heavy atom. The molecule has 0 spiro atoms. The minimum absolute atomic E-state index is 0.463. The molecule has 0 aromatic heterocycles. The molecule has 19 heavy (non-hydrogen) atoms. The zero-order chi connectivity index (χ0) is 14.0. The summed E-state index contributed by atoms with van der Waals surface area (Å²) in [6.45, 7) is -0.488. The van der Waals surface area contributed by atoms with E-state index in [-0.39, 0.29) is 0 Å². The third-order valence-corrected chi connectivity index (χ3v) is 3.83. The van der Waals surface area contributed by atoms with Crippen LogP contribution in [0.4, 0.5) is 0 Å². The first kappa shape index (κ1) is 15.1. The molecule has 1 aliphatic carbocycles. The van der Waals surface area contributed by atoms with E-state index in [0.29, 0.717) is 12.8 Å². The SMILES string of the molecule is OC[C@H]1O[C@@H](O[C@@H]2CCCC[C@H]2O)[C@H](O)[C@@H](O)[C@@H]1O. The second-order valence-electron chi connectivity index (χ2n) is 5.22. The van der Waals surface area contributed by atoms with Crippen LogP contribution in [0, 0.1) is 0 Å². The number of aliphatic hydroxyl groups excluding tert-OH is 5. The quantitative estimate of drug-likeness (QED) is 0.409. The Morgan fingerprint density at radius 3 is 2.26 bits per heavy atom. The van der Waals surface area contributed by atoms with Crippen molar-refractivity contribution in [2.24, 2.45) is 0 Å². The molecule has 7 heteroatoms. The first-order chi connectivity index (χ1) is 9.04. The van der Waals surface area contributed by atoms with Crippen molar-refractivity contribution < 1.29 is 35.0 Å². The fraction of sp³-hybridized carbons (Fsp3) is 1.00. The molecule has 112 valence electrons. The van der Waals surface area contributed by atoms with Crippen molar-refractivity contribution in [3.8, 4) is 0 Å². The van der Waals surface area contributed by atoms with Crippen molar-refractivity contribution in [2.75, 3.05) is 6.61 Å². The lowest BCUT2D eigenvalue weighted by atomic mass is 9.94. The zero-order valence-corrected chi connectivity index (χ0v) is 10.6. The van der Waals surface area contributed by atoms with Crippen LogP contribution in [0.25, 0.3) is 0 Å². The van der Waals surface area contributed by atoms with Gasteiger partial charge in [-0.2, -0.15) is 0 Å². The predicted octanol–water partition coefficient (Wildman–Crippen LogP) is -1.89. The standard InChI is InChI=1S/C12H22O7/c13-5-8-9(15)10(16)11(17)12(19-8)18-7-4-2-1-3-6(7)14/h6-17H,1-5H2/t6-,7-,8-,9-,10+,11-,12-/m1/s1. The maximum Gasteiger partial charge on any atom is 0.187 e. The molecule has 7 nitrogen and oxygen atoms in total. The Labute approximate surface area is 111 Å². The van der Waals surface area contributed by atoms with Crippen molar-refractivity contribution in [1.29, 1.82) is 0 Å². The molecule has 0 radical (unpaired) electrons. The molecule has 2 fully saturated rings. The number of rotatable bonds is 3. The average Bonchev–Trinajstić information content (AvgIpc) is 2.41. The highest BCUT2D eigenvalue weighted by Gasteiger charge is 2.45. The monoisotopic (exact) mass is 278 g/mol. The van der Waals surface area contributed by atoms with Crippen molar-refractivity contribution in [2.45, 2.75) is 68.6 Å². The fourth-order valence-electron chi connectivity index (χ4n) is 2.59. The number of aliphatic hydroxyl groups is 5. The van der Waals surface area contributed by atoms with E-state index in [1.54, 1.807) is 0 Å². The third-order valence-electron chi connectivity index (χ3n) is 3.83. The summed E-state index contributed by atoms with van der Waals surface area (Å²) in [5.74, 6) is 0. The van der Waals surface area contributed by atoms with Gasteiger partial charge in [-0.3, -0.25) is 0 Å². The normalized spacial score (nSPS) is 48.2. The molecule has 7 atom stereocenters. The average molecular weight is 278 g/mol. The van der Waals surface area contributed by atoms with E-state index in [4.69, 9.17) is 14.6 Å².